The number of pyridine rings is 1. The number of nitrogens with one attached hydrogen (secondary N) is 2. The predicted molar refractivity (Wildman–Crippen MR) is 109 cm³/mol. The Morgan fingerprint density at radius 1 is 1.30 bits per heavy atom. The summed E-state index contributed by atoms with van der Waals surface area (Å²) in [6, 6.07) is 5.61. The van der Waals surface area contributed by atoms with E-state index in [4.69, 9.17) is 9.47 Å². The summed E-state index contributed by atoms with van der Waals surface area (Å²) in [6.07, 6.45) is 3.15. The number of nitrogens with zero attached hydrogens (tertiary/aromatic N) is 2. The number of aliphatic imine (C=N–C) groups is 1. The molecule has 0 aliphatic carbocycles. The van der Waals surface area contributed by atoms with Gasteiger partial charge in [0.05, 0.1) is 18.5 Å². The van der Waals surface area contributed by atoms with Gasteiger partial charge in [-0.15, -0.1) is 0 Å². The third-order valence-electron chi connectivity index (χ3n) is 5.46. The summed E-state index contributed by atoms with van der Waals surface area (Å²) in [5.74, 6) is -1.81. The third kappa shape index (κ3) is 3.68. The lowest BCUT2D eigenvalue weighted by Crippen LogP contribution is -2.44. The van der Waals surface area contributed by atoms with Crippen LogP contribution in [0.5, 0.6) is 11.5 Å². The van der Waals surface area contributed by atoms with Crippen molar-refractivity contribution in [1.82, 2.24) is 9.97 Å². The van der Waals surface area contributed by atoms with Gasteiger partial charge in [-0.1, -0.05) is 13.8 Å². The summed E-state index contributed by atoms with van der Waals surface area (Å²) < 4.78 is 40.3. The van der Waals surface area contributed by atoms with Crippen LogP contribution < -0.4 is 10.1 Å². The van der Waals surface area contributed by atoms with Gasteiger partial charge in [0.25, 0.3) is 6.02 Å². The maximum atomic E-state index is 14.6. The van der Waals surface area contributed by atoms with Gasteiger partial charge in [-0.25, -0.2) is 18.8 Å². The largest absolute Gasteiger partial charge is 0.464 e. The highest BCUT2D eigenvalue weighted by Gasteiger charge is 2.37. The van der Waals surface area contributed by atoms with Crippen molar-refractivity contribution in [1.29, 1.82) is 0 Å². The summed E-state index contributed by atoms with van der Waals surface area (Å²) >= 11 is 0. The minimum absolute atomic E-state index is 0.0554. The molecule has 30 heavy (non-hydrogen) atoms. The number of aromatic amines is 1. The molecule has 4 rings (SSSR count). The van der Waals surface area contributed by atoms with Crippen molar-refractivity contribution in [2.24, 2.45) is 16.3 Å². The van der Waals surface area contributed by atoms with Gasteiger partial charge in [0.15, 0.2) is 17.4 Å². The van der Waals surface area contributed by atoms with Crippen molar-refractivity contribution in [3.63, 3.8) is 0 Å². The fraction of sp³-hybridized carbons (Fsp3) is 0.333. The van der Waals surface area contributed by atoms with Crippen molar-refractivity contribution >= 4 is 22.7 Å². The van der Waals surface area contributed by atoms with Crippen molar-refractivity contribution in [3.05, 3.63) is 48.3 Å². The van der Waals surface area contributed by atoms with E-state index in [1.807, 2.05) is 13.8 Å². The number of aliphatic hydroxyl groups excluding tert-OH is 1. The van der Waals surface area contributed by atoms with Crippen molar-refractivity contribution in [2.45, 2.75) is 13.8 Å². The maximum absolute atomic E-state index is 14.6. The molecule has 0 saturated carbocycles. The van der Waals surface area contributed by atoms with Crippen LogP contribution in [0.4, 0.5) is 14.5 Å². The molecule has 0 saturated heterocycles. The smallest absolute Gasteiger partial charge is 0.289 e. The van der Waals surface area contributed by atoms with Gasteiger partial charge in [0, 0.05) is 35.6 Å². The van der Waals surface area contributed by atoms with Crippen LogP contribution in [0.1, 0.15) is 13.8 Å². The first-order valence-electron chi connectivity index (χ1n) is 9.56. The molecule has 0 spiro atoms. The lowest BCUT2D eigenvalue weighted by Gasteiger charge is -2.37. The molecule has 1 atom stereocenters. The molecule has 9 heteroatoms. The SMILES string of the molecule is CC(C)C1(CO)CN=C(Nc2cc(F)c(Oc3ccnc4[nH]ccc34)c(F)c2)OC1. The van der Waals surface area contributed by atoms with E-state index in [0.29, 0.717) is 17.6 Å². The lowest BCUT2D eigenvalue weighted by atomic mass is 9.78. The van der Waals surface area contributed by atoms with Crippen LogP contribution in [0.15, 0.2) is 41.7 Å². The summed E-state index contributed by atoms with van der Waals surface area (Å²) in [6.45, 7) is 4.53. The van der Waals surface area contributed by atoms with E-state index >= 15 is 0 Å². The molecule has 3 heterocycles. The maximum Gasteiger partial charge on any atom is 0.289 e. The topological polar surface area (TPSA) is 91.8 Å². The number of rotatable bonds is 5. The van der Waals surface area contributed by atoms with Gasteiger partial charge < -0.3 is 24.9 Å². The van der Waals surface area contributed by atoms with Crippen LogP contribution >= 0.6 is 0 Å². The number of amidine groups is 1. The molecule has 0 bridgehead atoms. The van der Waals surface area contributed by atoms with Gasteiger partial charge in [-0.3, -0.25) is 0 Å². The summed E-state index contributed by atoms with van der Waals surface area (Å²) in [5, 5.41) is 13.1. The molecular formula is C21H22F2N4O3. The Hall–Kier alpha value is -3.20. The van der Waals surface area contributed by atoms with E-state index in [1.54, 1.807) is 12.3 Å². The van der Waals surface area contributed by atoms with Crippen LogP contribution in [0.3, 0.4) is 0 Å². The number of ether oxygens (including phenoxy) is 2. The molecule has 1 aliphatic heterocycles. The molecule has 3 N–H and O–H groups in total. The molecule has 7 nitrogen and oxygen atoms in total. The van der Waals surface area contributed by atoms with E-state index in [9.17, 15) is 13.9 Å². The minimum Gasteiger partial charge on any atom is -0.464 e. The fourth-order valence-electron chi connectivity index (χ4n) is 3.22. The lowest BCUT2D eigenvalue weighted by molar-refractivity contribution is 0.0180. The first-order valence-corrected chi connectivity index (χ1v) is 9.56. The molecule has 3 aromatic rings. The van der Waals surface area contributed by atoms with Gasteiger partial charge in [-0.2, -0.15) is 0 Å². The van der Waals surface area contributed by atoms with Crippen LogP contribution in [0.2, 0.25) is 0 Å². The molecule has 1 unspecified atom stereocenters. The van der Waals surface area contributed by atoms with Crippen molar-refractivity contribution in [2.75, 3.05) is 25.1 Å². The van der Waals surface area contributed by atoms with E-state index in [0.717, 1.165) is 12.1 Å². The number of anilines is 1. The summed E-state index contributed by atoms with van der Waals surface area (Å²) in [7, 11) is 0. The number of aliphatic hydroxyl groups is 1. The monoisotopic (exact) mass is 416 g/mol. The van der Waals surface area contributed by atoms with Crippen LogP contribution in [-0.2, 0) is 4.74 Å². The van der Waals surface area contributed by atoms with E-state index in [2.05, 4.69) is 20.3 Å². The van der Waals surface area contributed by atoms with Crippen molar-refractivity contribution < 1.29 is 23.4 Å². The fourth-order valence-corrected chi connectivity index (χ4v) is 3.22. The molecule has 0 fully saturated rings. The average Bonchev–Trinajstić information content (AvgIpc) is 3.21. The Bertz CT molecular complexity index is 1080. The first kappa shape index (κ1) is 20.1. The standard InChI is InChI=1S/C21H22F2N4O3/c1-12(2)21(10-28)9-26-20(29-11-21)27-13-7-15(22)18(16(23)8-13)30-17-4-6-25-19-14(17)3-5-24-19/h3-8,12,28H,9-11H2,1-2H3,(H,24,25)(H,26,27). The number of H-pyrrole nitrogens is 1. The molecule has 158 valence electrons. The zero-order valence-electron chi connectivity index (χ0n) is 16.6. The predicted octanol–water partition coefficient (Wildman–Crippen LogP) is 4.07. The third-order valence-corrected chi connectivity index (χ3v) is 5.46. The second-order valence-electron chi connectivity index (χ2n) is 7.63. The summed E-state index contributed by atoms with van der Waals surface area (Å²) in [4.78, 5) is 11.3. The zero-order valence-corrected chi connectivity index (χ0v) is 16.6. The Kier molecular flexibility index (Phi) is 5.29. The van der Waals surface area contributed by atoms with E-state index in [1.165, 1.54) is 12.3 Å². The average molecular weight is 416 g/mol. The summed E-state index contributed by atoms with van der Waals surface area (Å²) in [5.41, 5.74) is 0.228. The molecule has 1 aromatic carbocycles. The molecular weight excluding hydrogens is 394 g/mol. The Labute approximate surface area is 171 Å². The highest BCUT2D eigenvalue weighted by molar-refractivity contribution is 5.89. The van der Waals surface area contributed by atoms with E-state index in [-0.39, 0.29) is 36.6 Å². The quantitative estimate of drug-likeness (QED) is 0.583. The second-order valence-corrected chi connectivity index (χ2v) is 7.63. The first-order chi connectivity index (χ1) is 14.4. The number of fused-ring (bicyclic) bond motifs is 1. The normalized spacial score (nSPS) is 18.9. The number of hydrogen-bond donors (Lipinski definition) is 3. The Morgan fingerprint density at radius 3 is 2.70 bits per heavy atom. The van der Waals surface area contributed by atoms with Gasteiger partial charge >= 0.3 is 0 Å². The number of halogens is 2. The zero-order chi connectivity index (χ0) is 21.3. The van der Waals surface area contributed by atoms with E-state index < -0.39 is 22.8 Å². The molecule has 0 amide bonds. The highest BCUT2D eigenvalue weighted by atomic mass is 19.1. The van der Waals surface area contributed by atoms with Crippen molar-refractivity contribution in [3.8, 4) is 11.5 Å². The molecule has 2 aromatic heterocycles. The van der Waals surface area contributed by atoms with Crippen LogP contribution in [0.25, 0.3) is 11.0 Å². The highest BCUT2D eigenvalue weighted by Crippen LogP contribution is 2.34. The Morgan fingerprint density at radius 2 is 2.07 bits per heavy atom. The molecule has 1 aliphatic rings. The second kappa shape index (κ2) is 7.91. The van der Waals surface area contributed by atoms with Crippen LogP contribution in [-0.4, -0.2) is 40.9 Å². The number of hydrogen-bond acceptors (Lipinski definition) is 6. The Balaban J connectivity index is 1.53. The molecule has 0 radical (unpaired) electrons. The van der Waals surface area contributed by atoms with Gasteiger partial charge in [0.1, 0.15) is 18.0 Å². The number of benzene rings is 1. The van der Waals surface area contributed by atoms with Gasteiger partial charge in [-0.05, 0) is 18.1 Å². The van der Waals surface area contributed by atoms with Gasteiger partial charge in [0.2, 0.25) is 0 Å². The van der Waals surface area contributed by atoms with Crippen LogP contribution in [0, 0.1) is 23.0 Å². The number of aromatic nitrogens is 2. The minimum atomic E-state index is -0.874.